The van der Waals surface area contributed by atoms with Gasteiger partial charge in [0.2, 0.25) is 0 Å². The number of hydrogen-bond donors (Lipinski definition) is 0. The molecule has 148 valence electrons. The van der Waals surface area contributed by atoms with Crippen molar-refractivity contribution in [1.29, 1.82) is 10.5 Å². The molecule has 0 atom stereocenters. The molecule has 0 heterocycles. The summed E-state index contributed by atoms with van der Waals surface area (Å²) >= 11 is 3.43. The van der Waals surface area contributed by atoms with Crippen LogP contribution in [0, 0.1) is 22.7 Å². The molecule has 3 aromatic rings. The molecule has 0 saturated carbocycles. The molecule has 5 heteroatoms. The molecule has 3 aromatic carbocycles. The standard InChI is InChI=1S/C25H19BrN2O2/c1-2-29-25-14-19(12-22(16-28)21-5-3-4-20(13-21)15-27)8-11-24(25)30-17-18-6-9-23(26)10-7-18/h3-14H,2,17H2,1H3/b22-12+. The van der Waals surface area contributed by atoms with Gasteiger partial charge in [0.05, 0.1) is 29.9 Å². The van der Waals surface area contributed by atoms with Crippen LogP contribution in [0.2, 0.25) is 0 Å². The van der Waals surface area contributed by atoms with Crippen molar-refractivity contribution in [2.24, 2.45) is 0 Å². The molecule has 0 bridgehead atoms. The molecule has 4 nitrogen and oxygen atoms in total. The Kier molecular flexibility index (Phi) is 7.27. The monoisotopic (exact) mass is 458 g/mol. The van der Waals surface area contributed by atoms with E-state index in [1.54, 1.807) is 24.3 Å². The molecule has 0 aliphatic carbocycles. The Balaban J connectivity index is 1.86. The van der Waals surface area contributed by atoms with Crippen molar-refractivity contribution in [3.05, 3.63) is 93.5 Å². The molecule has 0 N–H and O–H groups in total. The minimum absolute atomic E-state index is 0.424. The quantitative estimate of drug-likeness (QED) is 0.305. The van der Waals surface area contributed by atoms with Gasteiger partial charge in [0.15, 0.2) is 11.5 Å². The van der Waals surface area contributed by atoms with Crippen molar-refractivity contribution < 1.29 is 9.47 Å². The molecule has 30 heavy (non-hydrogen) atoms. The third kappa shape index (κ3) is 5.50. The summed E-state index contributed by atoms with van der Waals surface area (Å²) in [5, 5.41) is 18.7. The SMILES string of the molecule is CCOc1cc(/C=C(\C#N)c2cccc(C#N)c2)ccc1OCc1ccc(Br)cc1. The van der Waals surface area contributed by atoms with Gasteiger partial charge in [-0.1, -0.05) is 46.3 Å². The summed E-state index contributed by atoms with van der Waals surface area (Å²) < 4.78 is 12.7. The summed E-state index contributed by atoms with van der Waals surface area (Å²) in [5.74, 6) is 1.26. The molecule has 0 aliphatic rings. The van der Waals surface area contributed by atoms with Gasteiger partial charge >= 0.3 is 0 Å². The van der Waals surface area contributed by atoms with Crippen LogP contribution in [0.15, 0.2) is 71.2 Å². The summed E-state index contributed by atoms with van der Waals surface area (Å²) in [7, 11) is 0. The number of ether oxygens (including phenoxy) is 2. The Hall–Kier alpha value is -3.54. The fourth-order valence-corrected chi connectivity index (χ4v) is 3.11. The van der Waals surface area contributed by atoms with Gasteiger partial charge < -0.3 is 9.47 Å². The Bertz CT molecular complexity index is 1140. The number of rotatable bonds is 7. The number of allylic oxidation sites excluding steroid dienone is 1. The number of benzene rings is 3. The topological polar surface area (TPSA) is 66.0 Å². The Morgan fingerprint density at radius 1 is 0.967 bits per heavy atom. The van der Waals surface area contributed by atoms with Crippen molar-refractivity contribution in [3.63, 3.8) is 0 Å². The molecule has 0 aliphatic heterocycles. The van der Waals surface area contributed by atoms with E-state index in [1.165, 1.54) is 0 Å². The lowest BCUT2D eigenvalue weighted by molar-refractivity contribution is 0.269. The molecule has 0 radical (unpaired) electrons. The highest BCUT2D eigenvalue weighted by atomic mass is 79.9. The van der Waals surface area contributed by atoms with Crippen LogP contribution in [0.1, 0.15) is 29.2 Å². The van der Waals surface area contributed by atoms with Gasteiger partial charge in [-0.25, -0.2) is 0 Å². The van der Waals surface area contributed by atoms with Crippen LogP contribution in [-0.4, -0.2) is 6.61 Å². The van der Waals surface area contributed by atoms with Crippen molar-refractivity contribution in [2.75, 3.05) is 6.61 Å². The van der Waals surface area contributed by atoms with E-state index in [4.69, 9.17) is 14.7 Å². The molecule has 0 unspecified atom stereocenters. The molecule has 3 rings (SSSR count). The number of hydrogen-bond acceptors (Lipinski definition) is 4. The van der Waals surface area contributed by atoms with Crippen LogP contribution in [0.4, 0.5) is 0 Å². The van der Waals surface area contributed by atoms with Crippen LogP contribution in [0.5, 0.6) is 11.5 Å². The zero-order valence-corrected chi connectivity index (χ0v) is 18.0. The Morgan fingerprint density at radius 3 is 2.47 bits per heavy atom. The largest absolute Gasteiger partial charge is 0.490 e. The van der Waals surface area contributed by atoms with Gasteiger partial charge in [-0.15, -0.1) is 0 Å². The van der Waals surface area contributed by atoms with E-state index in [2.05, 4.69) is 28.1 Å². The molecule has 0 spiro atoms. The smallest absolute Gasteiger partial charge is 0.161 e. The lowest BCUT2D eigenvalue weighted by Crippen LogP contribution is -2.00. The highest BCUT2D eigenvalue weighted by Gasteiger charge is 2.08. The van der Waals surface area contributed by atoms with E-state index in [9.17, 15) is 5.26 Å². The Labute approximate surface area is 184 Å². The van der Waals surface area contributed by atoms with E-state index in [0.717, 1.165) is 15.6 Å². The van der Waals surface area contributed by atoms with Gasteiger partial charge in [-0.2, -0.15) is 10.5 Å². The minimum Gasteiger partial charge on any atom is -0.490 e. The first-order chi connectivity index (χ1) is 14.6. The van der Waals surface area contributed by atoms with Crippen LogP contribution < -0.4 is 9.47 Å². The van der Waals surface area contributed by atoms with Gasteiger partial charge in [0, 0.05) is 4.47 Å². The number of halogens is 1. The average molecular weight is 459 g/mol. The third-order valence-corrected chi connectivity index (χ3v) is 4.84. The van der Waals surface area contributed by atoms with Crippen LogP contribution in [0.25, 0.3) is 11.6 Å². The average Bonchev–Trinajstić information content (AvgIpc) is 2.78. The fraction of sp³-hybridized carbons (Fsp3) is 0.120. The molecular weight excluding hydrogens is 440 g/mol. The fourth-order valence-electron chi connectivity index (χ4n) is 2.85. The first-order valence-electron chi connectivity index (χ1n) is 9.39. The minimum atomic E-state index is 0.424. The summed E-state index contributed by atoms with van der Waals surface area (Å²) in [6, 6.07) is 24.8. The van der Waals surface area contributed by atoms with Gasteiger partial charge in [-0.05, 0) is 66.1 Å². The number of nitriles is 2. The summed E-state index contributed by atoms with van der Waals surface area (Å²) in [6.07, 6.45) is 1.78. The van der Waals surface area contributed by atoms with E-state index in [1.807, 2.05) is 55.5 Å². The molecular formula is C25H19BrN2O2. The molecule has 0 aromatic heterocycles. The van der Waals surface area contributed by atoms with Gasteiger partial charge in [0.1, 0.15) is 6.61 Å². The van der Waals surface area contributed by atoms with E-state index in [-0.39, 0.29) is 0 Å². The lowest BCUT2D eigenvalue weighted by Gasteiger charge is -2.13. The van der Waals surface area contributed by atoms with Crippen molar-refractivity contribution in [3.8, 4) is 23.6 Å². The highest BCUT2D eigenvalue weighted by Crippen LogP contribution is 2.31. The second-order valence-electron chi connectivity index (χ2n) is 6.42. The predicted octanol–water partition coefficient (Wildman–Crippen LogP) is 6.36. The molecule has 0 saturated heterocycles. The maximum Gasteiger partial charge on any atom is 0.161 e. The van der Waals surface area contributed by atoms with Crippen LogP contribution in [0.3, 0.4) is 0 Å². The van der Waals surface area contributed by atoms with E-state index in [0.29, 0.717) is 41.4 Å². The maximum absolute atomic E-state index is 9.60. The first kappa shape index (κ1) is 21.2. The summed E-state index contributed by atoms with van der Waals surface area (Å²) in [6.45, 7) is 2.83. The highest BCUT2D eigenvalue weighted by molar-refractivity contribution is 9.10. The van der Waals surface area contributed by atoms with Crippen molar-refractivity contribution in [1.82, 2.24) is 0 Å². The van der Waals surface area contributed by atoms with Crippen molar-refractivity contribution >= 4 is 27.6 Å². The molecule has 0 fully saturated rings. The maximum atomic E-state index is 9.60. The third-order valence-electron chi connectivity index (χ3n) is 4.31. The van der Waals surface area contributed by atoms with Crippen LogP contribution >= 0.6 is 15.9 Å². The van der Waals surface area contributed by atoms with Gasteiger partial charge in [0.25, 0.3) is 0 Å². The first-order valence-corrected chi connectivity index (χ1v) is 10.2. The second-order valence-corrected chi connectivity index (χ2v) is 7.33. The van der Waals surface area contributed by atoms with Crippen LogP contribution in [-0.2, 0) is 6.61 Å². The van der Waals surface area contributed by atoms with E-state index < -0.39 is 0 Å². The predicted molar refractivity (Wildman–Crippen MR) is 121 cm³/mol. The second kappa shape index (κ2) is 10.3. The Morgan fingerprint density at radius 2 is 1.77 bits per heavy atom. The summed E-state index contributed by atoms with van der Waals surface area (Å²) in [5.41, 5.74) is 3.55. The zero-order chi connectivity index (χ0) is 21.3. The lowest BCUT2D eigenvalue weighted by atomic mass is 10.0. The van der Waals surface area contributed by atoms with Gasteiger partial charge in [-0.3, -0.25) is 0 Å². The normalized spacial score (nSPS) is 10.7. The van der Waals surface area contributed by atoms with Crippen molar-refractivity contribution in [2.45, 2.75) is 13.5 Å². The molecule has 0 amide bonds. The summed E-state index contributed by atoms with van der Waals surface area (Å²) in [4.78, 5) is 0. The number of nitrogens with zero attached hydrogens (tertiary/aromatic N) is 2. The van der Waals surface area contributed by atoms with E-state index >= 15 is 0 Å². The zero-order valence-electron chi connectivity index (χ0n) is 16.4.